The van der Waals surface area contributed by atoms with E-state index in [0.29, 0.717) is 34.2 Å². The van der Waals surface area contributed by atoms with E-state index in [1.54, 1.807) is 18.2 Å². The zero-order chi connectivity index (χ0) is 17.8. The Bertz CT molecular complexity index is 891. The minimum atomic E-state index is -0.280. The number of aromatic amines is 1. The van der Waals surface area contributed by atoms with E-state index >= 15 is 0 Å². The Morgan fingerprint density at radius 2 is 1.92 bits per heavy atom. The molecule has 0 aliphatic heterocycles. The van der Waals surface area contributed by atoms with E-state index in [2.05, 4.69) is 30.6 Å². The molecule has 10 heteroatoms. The SMILES string of the molecule is COc1cc(NC(=O)CNc2nc(Cl)nc3nc[nH]c23)cc(OC)c1. The summed E-state index contributed by atoms with van der Waals surface area (Å²) in [6.45, 7) is -0.0268. The summed E-state index contributed by atoms with van der Waals surface area (Å²) in [5, 5.41) is 5.71. The largest absolute Gasteiger partial charge is 0.497 e. The number of hydrogen-bond acceptors (Lipinski definition) is 7. The first kappa shape index (κ1) is 16.8. The first-order valence-corrected chi connectivity index (χ1v) is 7.60. The molecule has 2 heterocycles. The molecule has 1 aromatic carbocycles. The van der Waals surface area contributed by atoms with Gasteiger partial charge in [0.15, 0.2) is 11.5 Å². The van der Waals surface area contributed by atoms with Crippen molar-refractivity contribution >= 4 is 40.2 Å². The summed E-state index contributed by atoms with van der Waals surface area (Å²) in [5.74, 6) is 1.26. The Kier molecular flexibility index (Phi) is 4.85. The van der Waals surface area contributed by atoms with E-state index in [1.807, 2.05) is 0 Å². The monoisotopic (exact) mass is 362 g/mol. The van der Waals surface area contributed by atoms with Crippen molar-refractivity contribution in [3.63, 3.8) is 0 Å². The van der Waals surface area contributed by atoms with Gasteiger partial charge in [0.2, 0.25) is 11.2 Å². The minimum absolute atomic E-state index is 0.0268. The van der Waals surface area contributed by atoms with E-state index in [9.17, 15) is 4.79 Å². The van der Waals surface area contributed by atoms with Gasteiger partial charge in [-0.15, -0.1) is 0 Å². The number of imidazole rings is 1. The van der Waals surface area contributed by atoms with Gasteiger partial charge in [-0.05, 0) is 11.6 Å². The Morgan fingerprint density at radius 3 is 2.60 bits per heavy atom. The number of nitrogens with zero attached hydrogens (tertiary/aromatic N) is 3. The molecule has 0 atom stereocenters. The summed E-state index contributed by atoms with van der Waals surface area (Å²) in [5.41, 5.74) is 1.54. The van der Waals surface area contributed by atoms with Gasteiger partial charge in [-0.2, -0.15) is 9.97 Å². The molecule has 0 saturated carbocycles. The maximum Gasteiger partial charge on any atom is 0.243 e. The van der Waals surface area contributed by atoms with Crippen molar-refractivity contribution in [3.8, 4) is 11.5 Å². The van der Waals surface area contributed by atoms with E-state index in [0.717, 1.165) is 0 Å². The molecule has 9 nitrogen and oxygen atoms in total. The molecule has 130 valence electrons. The van der Waals surface area contributed by atoms with Gasteiger partial charge in [0.25, 0.3) is 0 Å². The highest BCUT2D eigenvalue weighted by molar-refractivity contribution is 6.28. The third kappa shape index (κ3) is 3.89. The average molecular weight is 363 g/mol. The fourth-order valence-corrected chi connectivity index (χ4v) is 2.35. The van der Waals surface area contributed by atoms with E-state index in [-0.39, 0.29) is 17.7 Å². The van der Waals surface area contributed by atoms with Gasteiger partial charge in [-0.3, -0.25) is 4.79 Å². The normalized spacial score (nSPS) is 10.5. The molecule has 0 bridgehead atoms. The second-order valence-electron chi connectivity index (χ2n) is 4.95. The molecule has 3 rings (SSSR count). The second kappa shape index (κ2) is 7.22. The second-order valence-corrected chi connectivity index (χ2v) is 5.28. The number of anilines is 2. The van der Waals surface area contributed by atoms with Gasteiger partial charge in [-0.25, -0.2) is 4.98 Å². The van der Waals surface area contributed by atoms with Crippen LogP contribution in [-0.2, 0) is 4.79 Å². The van der Waals surface area contributed by atoms with Crippen molar-refractivity contribution in [2.75, 3.05) is 31.4 Å². The predicted molar refractivity (Wildman–Crippen MR) is 93.4 cm³/mol. The lowest BCUT2D eigenvalue weighted by Gasteiger charge is -2.11. The summed E-state index contributed by atoms with van der Waals surface area (Å²) >= 11 is 5.85. The molecular weight excluding hydrogens is 348 g/mol. The van der Waals surface area contributed by atoms with Crippen molar-refractivity contribution in [2.45, 2.75) is 0 Å². The standard InChI is InChI=1S/C15H15ClN6O3/c1-24-9-3-8(4-10(5-9)25-2)20-11(23)6-17-13-12-14(19-7-18-12)22-15(16)21-13/h3-5,7H,6H2,1-2H3,(H,20,23)(H2,17,18,19,21,22). The lowest BCUT2D eigenvalue weighted by molar-refractivity contribution is -0.114. The van der Waals surface area contributed by atoms with Gasteiger partial charge in [-0.1, -0.05) is 0 Å². The lowest BCUT2D eigenvalue weighted by atomic mass is 10.2. The number of carbonyl (C=O) groups is 1. The topological polar surface area (TPSA) is 114 Å². The summed E-state index contributed by atoms with van der Waals surface area (Å²) in [7, 11) is 3.08. The van der Waals surface area contributed by atoms with Crippen LogP contribution in [0.1, 0.15) is 0 Å². The van der Waals surface area contributed by atoms with Crippen LogP contribution in [0.5, 0.6) is 11.5 Å². The van der Waals surface area contributed by atoms with Crippen molar-refractivity contribution in [3.05, 3.63) is 29.8 Å². The molecule has 0 radical (unpaired) electrons. The summed E-state index contributed by atoms with van der Waals surface area (Å²) in [6.07, 6.45) is 1.48. The Balaban J connectivity index is 1.69. The molecule has 0 aliphatic carbocycles. The molecule has 3 aromatic rings. The van der Waals surface area contributed by atoms with Gasteiger partial charge in [0, 0.05) is 23.9 Å². The van der Waals surface area contributed by atoms with Gasteiger partial charge in [0.1, 0.15) is 17.0 Å². The van der Waals surface area contributed by atoms with Crippen LogP contribution in [0.25, 0.3) is 11.2 Å². The van der Waals surface area contributed by atoms with Crippen LogP contribution in [0.3, 0.4) is 0 Å². The molecule has 0 unspecified atom stereocenters. The Labute approximate surface area is 147 Å². The number of fused-ring (bicyclic) bond motifs is 1. The first-order valence-electron chi connectivity index (χ1n) is 7.22. The highest BCUT2D eigenvalue weighted by Crippen LogP contribution is 2.25. The summed E-state index contributed by atoms with van der Waals surface area (Å²) < 4.78 is 10.3. The predicted octanol–water partition coefficient (Wildman–Crippen LogP) is 2.07. The number of carbonyl (C=O) groups excluding carboxylic acids is 1. The molecule has 3 N–H and O–H groups in total. The maximum absolute atomic E-state index is 12.2. The van der Waals surface area contributed by atoms with Crippen LogP contribution in [0.2, 0.25) is 5.28 Å². The fraction of sp³-hybridized carbons (Fsp3) is 0.200. The number of halogens is 1. The zero-order valence-corrected chi connectivity index (χ0v) is 14.2. The number of benzene rings is 1. The highest BCUT2D eigenvalue weighted by Gasteiger charge is 2.11. The molecular formula is C15H15ClN6O3. The Morgan fingerprint density at radius 1 is 1.20 bits per heavy atom. The van der Waals surface area contributed by atoms with Gasteiger partial charge >= 0.3 is 0 Å². The van der Waals surface area contributed by atoms with Crippen LogP contribution in [0, 0.1) is 0 Å². The Hall–Kier alpha value is -3.07. The van der Waals surface area contributed by atoms with Crippen molar-refractivity contribution in [1.82, 2.24) is 19.9 Å². The average Bonchev–Trinajstić information content (AvgIpc) is 3.07. The van der Waals surface area contributed by atoms with Crippen LogP contribution >= 0.6 is 11.6 Å². The maximum atomic E-state index is 12.2. The smallest absolute Gasteiger partial charge is 0.243 e. The highest BCUT2D eigenvalue weighted by atomic mass is 35.5. The van der Waals surface area contributed by atoms with Crippen molar-refractivity contribution < 1.29 is 14.3 Å². The number of nitrogens with one attached hydrogen (secondary N) is 3. The number of hydrogen-bond donors (Lipinski definition) is 3. The number of rotatable bonds is 6. The molecule has 0 spiro atoms. The number of ether oxygens (including phenoxy) is 2. The van der Waals surface area contributed by atoms with Crippen LogP contribution in [0.15, 0.2) is 24.5 Å². The number of methoxy groups -OCH3 is 2. The van der Waals surface area contributed by atoms with Crippen LogP contribution < -0.4 is 20.1 Å². The van der Waals surface area contributed by atoms with E-state index in [1.165, 1.54) is 20.5 Å². The van der Waals surface area contributed by atoms with E-state index in [4.69, 9.17) is 21.1 Å². The quantitative estimate of drug-likeness (QED) is 0.575. The lowest BCUT2D eigenvalue weighted by Crippen LogP contribution is -2.22. The first-order chi connectivity index (χ1) is 12.1. The minimum Gasteiger partial charge on any atom is -0.497 e. The molecule has 25 heavy (non-hydrogen) atoms. The third-order valence-electron chi connectivity index (χ3n) is 3.31. The van der Waals surface area contributed by atoms with Crippen LogP contribution in [0.4, 0.5) is 11.5 Å². The zero-order valence-electron chi connectivity index (χ0n) is 13.5. The summed E-state index contributed by atoms with van der Waals surface area (Å²) in [6, 6.07) is 5.09. The molecule has 1 amide bonds. The van der Waals surface area contributed by atoms with Gasteiger partial charge in [0.05, 0.1) is 27.1 Å². The number of H-pyrrole nitrogens is 1. The van der Waals surface area contributed by atoms with E-state index < -0.39 is 0 Å². The van der Waals surface area contributed by atoms with Crippen molar-refractivity contribution in [2.24, 2.45) is 0 Å². The number of aromatic nitrogens is 4. The summed E-state index contributed by atoms with van der Waals surface area (Å²) in [4.78, 5) is 27.1. The van der Waals surface area contributed by atoms with Crippen LogP contribution in [-0.4, -0.2) is 46.6 Å². The molecule has 0 fully saturated rings. The molecule has 0 saturated heterocycles. The van der Waals surface area contributed by atoms with Gasteiger partial charge < -0.3 is 25.1 Å². The van der Waals surface area contributed by atoms with Crippen molar-refractivity contribution in [1.29, 1.82) is 0 Å². The fourth-order valence-electron chi connectivity index (χ4n) is 2.18. The number of amides is 1. The third-order valence-corrected chi connectivity index (χ3v) is 3.48. The molecule has 0 aliphatic rings. The molecule has 2 aromatic heterocycles.